The van der Waals surface area contributed by atoms with Crippen molar-refractivity contribution in [1.29, 1.82) is 0 Å². The fraction of sp³-hybridized carbons (Fsp3) is 0.385. The summed E-state index contributed by atoms with van der Waals surface area (Å²) in [6, 6.07) is 4.50. The smallest absolute Gasteiger partial charge is 0.171 e. The molecule has 0 spiro atoms. The first-order valence-corrected chi connectivity index (χ1v) is 6.98. The molecule has 0 saturated carbocycles. The minimum absolute atomic E-state index is 0.347. The molecular formula is C13H18N4S. The van der Waals surface area contributed by atoms with Crippen LogP contribution >= 0.6 is 11.8 Å². The summed E-state index contributed by atoms with van der Waals surface area (Å²) >= 11 is 1.53. The van der Waals surface area contributed by atoms with E-state index in [1.807, 2.05) is 18.5 Å². The van der Waals surface area contributed by atoms with Gasteiger partial charge in [0.05, 0.1) is 0 Å². The first-order chi connectivity index (χ1) is 8.79. The normalized spacial score (nSPS) is 12.6. The Morgan fingerprint density at radius 3 is 2.89 bits per heavy atom. The topological polar surface area (TPSA) is 53.6 Å². The summed E-state index contributed by atoms with van der Waals surface area (Å²) in [6.45, 7) is 5.36. The first kappa shape index (κ1) is 13.1. The molecule has 0 aliphatic rings. The monoisotopic (exact) mass is 262 g/mol. The summed E-state index contributed by atoms with van der Waals surface area (Å²) in [7, 11) is 0. The van der Waals surface area contributed by atoms with E-state index in [9.17, 15) is 0 Å². The molecule has 0 aliphatic carbocycles. The zero-order valence-corrected chi connectivity index (χ0v) is 11.5. The van der Waals surface area contributed by atoms with Crippen LogP contribution in [-0.2, 0) is 0 Å². The van der Waals surface area contributed by atoms with E-state index in [0.717, 1.165) is 23.1 Å². The summed E-state index contributed by atoms with van der Waals surface area (Å²) < 4.78 is 0. The van der Waals surface area contributed by atoms with Crippen molar-refractivity contribution in [3.63, 3.8) is 0 Å². The SMILES string of the molecule is CCCNC(C)c1ccc(Sc2ncc[nH]2)nc1. The molecule has 2 aromatic rings. The van der Waals surface area contributed by atoms with Gasteiger partial charge in [0.2, 0.25) is 0 Å². The van der Waals surface area contributed by atoms with Gasteiger partial charge in [0.25, 0.3) is 0 Å². The van der Waals surface area contributed by atoms with Crippen LogP contribution in [0.1, 0.15) is 31.9 Å². The van der Waals surface area contributed by atoms with Crippen LogP contribution in [0, 0.1) is 0 Å². The summed E-state index contributed by atoms with van der Waals surface area (Å²) in [4.78, 5) is 11.7. The van der Waals surface area contributed by atoms with Crippen molar-refractivity contribution in [2.45, 2.75) is 36.5 Å². The molecule has 2 heterocycles. The average Bonchev–Trinajstić information content (AvgIpc) is 2.89. The fourth-order valence-corrected chi connectivity index (χ4v) is 2.27. The fourth-order valence-electron chi connectivity index (χ4n) is 1.59. The molecule has 0 radical (unpaired) electrons. The highest BCUT2D eigenvalue weighted by Crippen LogP contribution is 2.23. The molecule has 96 valence electrons. The van der Waals surface area contributed by atoms with Crippen molar-refractivity contribution < 1.29 is 0 Å². The predicted octanol–water partition coefficient (Wildman–Crippen LogP) is 3.02. The number of hydrogen-bond donors (Lipinski definition) is 2. The average molecular weight is 262 g/mol. The van der Waals surface area contributed by atoms with Crippen molar-refractivity contribution in [1.82, 2.24) is 20.3 Å². The van der Waals surface area contributed by atoms with Crippen LogP contribution in [0.3, 0.4) is 0 Å². The highest BCUT2D eigenvalue weighted by molar-refractivity contribution is 7.99. The molecule has 4 nitrogen and oxygen atoms in total. The largest absolute Gasteiger partial charge is 0.339 e. The van der Waals surface area contributed by atoms with Gasteiger partial charge < -0.3 is 10.3 Å². The van der Waals surface area contributed by atoms with E-state index in [-0.39, 0.29) is 0 Å². The summed E-state index contributed by atoms with van der Waals surface area (Å²) in [6.07, 6.45) is 6.63. The van der Waals surface area contributed by atoms with Crippen LogP contribution < -0.4 is 5.32 Å². The minimum Gasteiger partial charge on any atom is -0.339 e. The van der Waals surface area contributed by atoms with Gasteiger partial charge in [-0.3, -0.25) is 0 Å². The Hall–Kier alpha value is -1.33. The maximum absolute atomic E-state index is 4.45. The van der Waals surface area contributed by atoms with Gasteiger partial charge in [-0.15, -0.1) is 0 Å². The van der Waals surface area contributed by atoms with E-state index < -0.39 is 0 Å². The molecule has 1 atom stereocenters. The van der Waals surface area contributed by atoms with Gasteiger partial charge in [-0.1, -0.05) is 13.0 Å². The number of rotatable bonds is 6. The van der Waals surface area contributed by atoms with Crippen LogP contribution in [0.4, 0.5) is 0 Å². The lowest BCUT2D eigenvalue weighted by Crippen LogP contribution is -2.19. The Morgan fingerprint density at radius 2 is 2.28 bits per heavy atom. The molecule has 0 aromatic carbocycles. The van der Waals surface area contributed by atoms with E-state index in [2.05, 4.69) is 40.2 Å². The Balaban J connectivity index is 1.96. The zero-order valence-electron chi connectivity index (χ0n) is 10.7. The number of nitrogens with zero attached hydrogens (tertiary/aromatic N) is 2. The number of imidazole rings is 1. The highest BCUT2D eigenvalue weighted by Gasteiger charge is 2.06. The number of nitrogens with one attached hydrogen (secondary N) is 2. The quantitative estimate of drug-likeness (QED) is 0.840. The molecular weight excluding hydrogens is 244 g/mol. The van der Waals surface area contributed by atoms with E-state index in [0.29, 0.717) is 6.04 Å². The first-order valence-electron chi connectivity index (χ1n) is 6.16. The van der Waals surface area contributed by atoms with Gasteiger partial charge in [0.1, 0.15) is 5.03 Å². The molecule has 0 amide bonds. The Bertz CT molecular complexity index is 452. The maximum Gasteiger partial charge on any atom is 0.171 e. The second kappa shape index (κ2) is 6.56. The van der Waals surface area contributed by atoms with Gasteiger partial charge in [-0.05, 0) is 43.3 Å². The van der Waals surface area contributed by atoms with Crippen molar-refractivity contribution in [3.8, 4) is 0 Å². The molecule has 18 heavy (non-hydrogen) atoms. The van der Waals surface area contributed by atoms with E-state index in [1.54, 1.807) is 6.20 Å². The standard InChI is InChI=1S/C13H18N4S/c1-3-6-14-10(2)11-4-5-12(17-9-11)18-13-15-7-8-16-13/h4-5,7-10,14H,3,6H2,1-2H3,(H,15,16). The second-order valence-corrected chi connectivity index (χ2v) is 5.11. The van der Waals surface area contributed by atoms with Crippen LogP contribution in [0.2, 0.25) is 0 Å². The van der Waals surface area contributed by atoms with Gasteiger partial charge in [0, 0.05) is 24.6 Å². The Kier molecular flexibility index (Phi) is 4.78. The van der Waals surface area contributed by atoms with Gasteiger partial charge >= 0.3 is 0 Å². The van der Waals surface area contributed by atoms with Crippen LogP contribution in [0.25, 0.3) is 0 Å². The molecule has 0 bridgehead atoms. The number of H-pyrrole nitrogens is 1. The lowest BCUT2D eigenvalue weighted by Gasteiger charge is -2.13. The summed E-state index contributed by atoms with van der Waals surface area (Å²) in [5.41, 5.74) is 1.22. The van der Waals surface area contributed by atoms with E-state index >= 15 is 0 Å². The molecule has 5 heteroatoms. The van der Waals surface area contributed by atoms with Crippen LogP contribution in [0.5, 0.6) is 0 Å². The zero-order chi connectivity index (χ0) is 12.8. The number of aromatic nitrogens is 3. The van der Waals surface area contributed by atoms with Crippen molar-refractivity contribution in [3.05, 3.63) is 36.3 Å². The van der Waals surface area contributed by atoms with Crippen molar-refractivity contribution >= 4 is 11.8 Å². The number of aromatic amines is 1. The van der Waals surface area contributed by atoms with Gasteiger partial charge in [-0.25, -0.2) is 9.97 Å². The lowest BCUT2D eigenvalue weighted by atomic mass is 10.1. The third-order valence-corrected chi connectivity index (χ3v) is 3.50. The molecule has 0 saturated heterocycles. The van der Waals surface area contributed by atoms with Crippen molar-refractivity contribution in [2.24, 2.45) is 0 Å². The number of pyridine rings is 1. The summed E-state index contributed by atoms with van der Waals surface area (Å²) in [5.74, 6) is 0. The van der Waals surface area contributed by atoms with Crippen molar-refractivity contribution in [2.75, 3.05) is 6.54 Å². The minimum atomic E-state index is 0.347. The lowest BCUT2D eigenvalue weighted by molar-refractivity contribution is 0.568. The van der Waals surface area contributed by atoms with Crippen LogP contribution in [-0.4, -0.2) is 21.5 Å². The van der Waals surface area contributed by atoms with E-state index in [4.69, 9.17) is 0 Å². The molecule has 2 N–H and O–H groups in total. The highest BCUT2D eigenvalue weighted by atomic mass is 32.2. The Morgan fingerprint density at radius 1 is 1.39 bits per heavy atom. The molecule has 2 aromatic heterocycles. The summed E-state index contributed by atoms with van der Waals surface area (Å²) in [5, 5.41) is 5.27. The maximum atomic E-state index is 4.45. The van der Waals surface area contributed by atoms with E-state index in [1.165, 1.54) is 17.3 Å². The molecule has 1 unspecified atom stereocenters. The van der Waals surface area contributed by atoms with Crippen LogP contribution in [0.15, 0.2) is 40.9 Å². The van der Waals surface area contributed by atoms with Gasteiger partial charge in [0.15, 0.2) is 5.16 Å². The third-order valence-electron chi connectivity index (χ3n) is 2.63. The van der Waals surface area contributed by atoms with Gasteiger partial charge in [-0.2, -0.15) is 0 Å². The third kappa shape index (κ3) is 3.58. The molecule has 2 rings (SSSR count). The Labute approximate surface area is 112 Å². The molecule has 0 aliphatic heterocycles. The number of hydrogen-bond acceptors (Lipinski definition) is 4. The molecule has 0 fully saturated rings. The second-order valence-electron chi connectivity index (χ2n) is 4.10. The predicted molar refractivity (Wildman–Crippen MR) is 73.7 cm³/mol.